The van der Waals surface area contributed by atoms with Crippen molar-refractivity contribution in [3.63, 3.8) is 0 Å². The second kappa shape index (κ2) is 47.1. The van der Waals surface area contributed by atoms with Gasteiger partial charge in [0, 0.05) is 19.3 Å². The topological polar surface area (TPSA) is 78.9 Å². The summed E-state index contributed by atoms with van der Waals surface area (Å²) in [6, 6.07) is 0. The van der Waals surface area contributed by atoms with Crippen LogP contribution in [0.2, 0.25) is 0 Å². The third-order valence-corrected chi connectivity index (χ3v) is 10.7. The van der Waals surface area contributed by atoms with Crippen LogP contribution in [0.3, 0.4) is 0 Å². The van der Waals surface area contributed by atoms with E-state index in [-0.39, 0.29) is 31.1 Å². The zero-order chi connectivity index (χ0) is 42.3. The minimum Gasteiger partial charge on any atom is -0.462 e. The molecule has 6 nitrogen and oxygen atoms in total. The lowest BCUT2D eigenvalue weighted by Crippen LogP contribution is -2.30. The Balaban J connectivity index is 4.38. The highest BCUT2D eigenvalue weighted by atomic mass is 16.6. The van der Waals surface area contributed by atoms with Crippen LogP contribution in [0.25, 0.3) is 0 Å². The molecule has 0 saturated carbocycles. The SMILES string of the molecule is CCCCC\C=C/C=C\C=C/C=C\CCCCCCCC(=O)OCC(COC(=O)CCCCCCCCCCCCC)OC(=O)CCCCCCCCCCCCC. The van der Waals surface area contributed by atoms with E-state index in [4.69, 9.17) is 14.2 Å². The Hall–Kier alpha value is -2.63. The Kier molecular flexibility index (Phi) is 44.9. The largest absolute Gasteiger partial charge is 0.462 e. The van der Waals surface area contributed by atoms with Crippen LogP contribution < -0.4 is 0 Å². The predicted molar refractivity (Wildman–Crippen MR) is 247 cm³/mol. The first-order valence-corrected chi connectivity index (χ1v) is 24.7. The number of allylic oxidation sites excluding steroid dienone is 8. The zero-order valence-electron chi connectivity index (χ0n) is 38.3. The highest BCUT2D eigenvalue weighted by Crippen LogP contribution is 2.15. The molecule has 0 fully saturated rings. The first-order valence-electron chi connectivity index (χ1n) is 24.7. The Morgan fingerprint density at radius 2 is 0.621 bits per heavy atom. The number of ether oxygens (including phenoxy) is 3. The van der Waals surface area contributed by atoms with E-state index in [0.29, 0.717) is 19.3 Å². The molecule has 0 aromatic carbocycles. The lowest BCUT2D eigenvalue weighted by Gasteiger charge is -2.18. The smallest absolute Gasteiger partial charge is 0.306 e. The fourth-order valence-electron chi connectivity index (χ4n) is 6.92. The highest BCUT2D eigenvalue weighted by molar-refractivity contribution is 5.71. The van der Waals surface area contributed by atoms with E-state index in [0.717, 1.165) is 83.5 Å². The molecule has 0 aliphatic rings. The van der Waals surface area contributed by atoms with Crippen LogP contribution in [0.5, 0.6) is 0 Å². The van der Waals surface area contributed by atoms with Crippen LogP contribution in [-0.4, -0.2) is 37.2 Å². The summed E-state index contributed by atoms with van der Waals surface area (Å²) in [7, 11) is 0. The van der Waals surface area contributed by atoms with Crippen molar-refractivity contribution in [2.45, 2.75) is 252 Å². The van der Waals surface area contributed by atoms with Crippen molar-refractivity contribution >= 4 is 17.9 Å². The highest BCUT2D eigenvalue weighted by Gasteiger charge is 2.19. The van der Waals surface area contributed by atoms with E-state index >= 15 is 0 Å². The lowest BCUT2D eigenvalue weighted by atomic mass is 10.1. The number of rotatable bonds is 44. The summed E-state index contributed by atoms with van der Waals surface area (Å²) in [4.78, 5) is 37.8. The Morgan fingerprint density at radius 1 is 0.345 bits per heavy atom. The van der Waals surface area contributed by atoms with E-state index < -0.39 is 6.10 Å². The Bertz CT molecular complexity index is 1030. The minimum atomic E-state index is -0.776. The third kappa shape index (κ3) is 44.5. The van der Waals surface area contributed by atoms with Gasteiger partial charge >= 0.3 is 17.9 Å². The lowest BCUT2D eigenvalue weighted by molar-refractivity contribution is -0.167. The first kappa shape index (κ1) is 55.4. The molecule has 0 aliphatic carbocycles. The molecule has 0 radical (unpaired) electrons. The Morgan fingerprint density at radius 3 is 1.00 bits per heavy atom. The van der Waals surface area contributed by atoms with Gasteiger partial charge in [0.05, 0.1) is 0 Å². The first-order chi connectivity index (χ1) is 28.5. The number of carbonyl (C=O) groups excluding carboxylic acids is 3. The van der Waals surface area contributed by atoms with Crippen molar-refractivity contribution in [2.24, 2.45) is 0 Å². The Labute approximate surface area is 358 Å². The molecule has 0 spiro atoms. The molecule has 0 heterocycles. The molecule has 1 unspecified atom stereocenters. The van der Waals surface area contributed by atoms with Crippen LogP contribution in [-0.2, 0) is 28.6 Å². The van der Waals surface area contributed by atoms with Crippen molar-refractivity contribution in [3.8, 4) is 0 Å². The number of hydrogen-bond acceptors (Lipinski definition) is 6. The van der Waals surface area contributed by atoms with Gasteiger partial charge in [-0.15, -0.1) is 0 Å². The monoisotopic (exact) mass is 813 g/mol. The van der Waals surface area contributed by atoms with Gasteiger partial charge in [-0.25, -0.2) is 0 Å². The number of esters is 3. The molecule has 0 aromatic rings. The van der Waals surface area contributed by atoms with Crippen molar-refractivity contribution < 1.29 is 28.6 Å². The number of carbonyl (C=O) groups is 3. The van der Waals surface area contributed by atoms with Crippen molar-refractivity contribution in [1.82, 2.24) is 0 Å². The summed E-state index contributed by atoms with van der Waals surface area (Å²) in [6.45, 7) is 6.57. The van der Waals surface area contributed by atoms with E-state index in [9.17, 15) is 14.4 Å². The molecule has 0 bridgehead atoms. The van der Waals surface area contributed by atoms with Crippen LogP contribution in [0, 0.1) is 0 Å². The molecule has 0 amide bonds. The molecule has 0 aliphatic heterocycles. The van der Waals surface area contributed by atoms with Gasteiger partial charge in [0.1, 0.15) is 13.2 Å². The van der Waals surface area contributed by atoms with Crippen LogP contribution >= 0.6 is 0 Å². The van der Waals surface area contributed by atoms with E-state index in [2.05, 4.69) is 69.4 Å². The zero-order valence-corrected chi connectivity index (χ0v) is 38.3. The summed E-state index contributed by atoms with van der Waals surface area (Å²) < 4.78 is 16.7. The molecule has 0 rings (SSSR count). The molecule has 1 atom stereocenters. The van der Waals surface area contributed by atoms with Gasteiger partial charge < -0.3 is 14.2 Å². The predicted octanol–water partition coefficient (Wildman–Crippen LogP) is 15.9. The van der Waals surface area contributed by atoms with Gasteiger partial charge in [-0.1, -0.05) is 230 Å². The molecular formula is C52H92O6. The fourth-order valence-corrected chi connectivity index (χ4v) is 6.92. The molecule has 0 N–H and O–H groups in total. The van der Waals surface area contributed by atoms with Gasteiger partial charge in [0.25, 0.3) is 0 Å². The van der Waals surface area contributed by atoms with Gasteiger partial charge in [-0.3, -0.25) is 14.4 Å². The van der Waals surface area contributed by atoms with E-state index in [1.807, 2.05) is 0 Å². The maximum Gasteiger partial charge on any atom is 0.306 e. The summed E-state index contributed by atoms with van der Waals surface area (Å²) in [5.41, 5.74) is 0. The standard InChI is InChI=1S/C52H92O6/c1-4-7-10-13-16-19-22-23-24-25-26-27-28-31-33-36-39-42-45-51(54)57-48-49(58-52(55)46-43-40-37-34-30-21-18-15-12-9-6-3)47-56-50(53)44-41-38-35-32-29-20-17-14-11-8-5-2/h16,19,22-27,49H,4-15,17-18,20-21,28-48H2,1-3H3/b19-16-,23-22-,25-24-,27-26-. The maximum atomic E-state index is 12.7. The van der Waals surface area contributed by atoms with Gasteiger partial charge in [0.2, 0.25) is 0 Å². The minimum absolute atomic E-state index is 0.0778. The van der Waals surface area contributed by atoms with Gasteiger partial charge in [-0.2, -0.15) is 0 Å². The quantitative estimate of drug-likeness (QED) is 0.0264. The van der Waals surface area contributed by atoms with Crippen molar-refractivity contribution in [3.05, 3.63) is 48.6 Å². The summed E-state index contributed by atoms with van der Waals surface area (Å²) >= 11 is 0. The van der Waals surface area contributed by atoms with Crippen LogP contribution in [0.1, 0.15) is 245 Å². The number of unbranched alkanes of at least 4 members (excludes halogenated alkanes) is 28. The summed E-state index contributed by atoms with van der Waals surface area (Å²) in [5.74, 6) is -0.897. The second-order valence-electron chi connectivity index (χ2n) is 16.5. The number of hydrogen-bond donors (Lipinski definition) is 0. The summed E-state index contributed by atoms with van der Waals surface area (Å²) in [6.07, 6.45) is 55.1. The fraction of sp³-hybridized carbons (Fsp3) is 0.788. The average molecular weight is 813 g/mol. The van der Waals surface area contributed by atoms with Crippen LogP contribution in [0.4, 0.5) is 0 Å². The second-order valence-corrected chi connectivity index (χ2v) is 16.5. The molecule has 58 heavy (non-hydrogen) atoms. The normalized spacial score (nSPS) is 12.4. The molecule has 0 saturated heterocycles. The van der Waals surface area contributed by atoms with Crippen molar-refractivity contribution in [2.75, 3.05) is 13.2 Å². The third-order valence-electron chi connectivity index (χ3n) is 10.7. The molecule has 6 heteroatoms. The maximum absolute atomic E-state index is 12.7. The molecular weight excluding hydrogens is 721 g/mol. The molecule has 0 aromatic heterocycles. The van der Waals surface area contributed by atoms with Gasteiger partial charge in [-0.05, 0) is 44.9 Å². The molecule has 336 valence electrons. The average Bonchev–Trinajstić information content (AvgIpc) is 3.22. The van der Waals surface area contributed by atoms with E-state index in [1.165, 1.54) is 122 Å². The van der Waals surface area contributed by atoms with Gasteiger partial charge in [0.15, 0.2) is 6.10 Å². The summed E-state index contributed by atoms with van der Waals surface area (Å²) in [5, 5.41) is 0. The van der Waals surface area contributed by atoms with E-state index in [1.54, 1.807) is 0 Å². The van der Waals surface area contributed by atoms with Crippen molar-refractivity contribution in [1.29, 1.82) is 0 Å². The van der Waals surface area contributed by atoms with Crippen LogP contribution in [0.15, 0.2) is 48.6 Å².